The van der Waals surface area contributed by atoms with Crippen LogP contribution in [-0.4, -0.2) is 18.4 Å². The molecule has 24 heavy (non-hydrogen) atoms. The van der Waals surface area contributed by atoms with Crippen LogP contribution in [0.1, 0.15) is 34.0 Å². The maximum atomic E-state index is 13.0. The number of ether oxygens (including phenoxy) is 1. The van der Waals surface area contributed by atoms with Gasteiger partial charge >= 0.3 is 0 Å². The van der Waals surface area contributed by atoms with Crippen LogP contribution < -0.4 is 4.90 Å². The fourth-order valence-electron chi connectivity index (χ4n) is 2.91. The lowest BCUT2D eigenvalue weighted by Gasteiger charge is -2.29. The predicted octanol–water partition coefficient (Wildman–Crippen LogP) is 3.87. The summed E-state index contributed by atoms with van der Waals surface area (Å²) in [7, 11) is 0. The van der Waals surface area contributed by atoms with E-state index in [1.54, 1.807) is 18.2 Å². The molecule has 0 saturated carbocycles. The molecule has 0 aromatic heterocycles. The molecular formula is C20H19NO3. The maximum absolute atomic E-state index is 13.0. The molecule has 1 heterocycles. The summed E-state index contributed by atoms with van der Waals surface area (Å²) in [5.74, 6) is -0.671. The maximum Gasteiger partial charge on any atom is 0.269 e. The summed E-state index contributed by atoms with van der Waals surface area (Å²) < 4.78 is 5.35. The minimum atomic E-state index is -0.362. The van der Waals surface area contributed by atoms with Gasteiger partial charge in [0.15, 0.2) is 0 Å². The molecule has 2 aromatic carbocycles. The molecule has 3 rings (SSSR count). The Labute approximate surface area is 141 Å². The van der Waals surface area contributed by atoms with E-state index in [-0.39, 0.29) is 11.8 Å². The van der Waals surface area contributed by atoms with Gasteiger partial charge in [-0.05, 0) is 38.5 Å². The minimum absolute atomic E-state index is 0.309. The van der Waals surface area contributed by atoms with Crippen molar-refractivity contribution >= 4 is 23.1 Å². The second-order valence-electron chi connectivity index (χ2n) is 5.77. The van der Waals surface area contributed by atoms with Crippen LogP contribution in [0.3, 0.4) is 0 Å². The van der Waals surface area contributed by atoms with Gasteiger partial charge in [0.25, 0.3) is 11.8 Å². The third kappa shape index (κ3) is 2.60. The summed E-state index contributed by atoms with van der Waals surface area (Å²) in [6.45, 7) is 6.18. The summed E-state index contributed by atoms with van der Waals surface area (Å²) in [6, 6.07) is 12.8. The second kappa shape index (κ2) is 6.32. The molecule has 0 spiro atoms. The lowest BCUT2D eigenvalue weighted by Crippen LogP contribution is -2.42. The lowest BCUT2D eigenvalue weighted by molar-refractivity contribution is -0.113. The number of rotatable bonds is 3. The van der Waals surface area contributed by atoms with Crippen LogP contribution in [0, 0.1) is 13.8 Å². The van der Waals surface area contributed by atoms with Crippen LogP contribution in [0.2, 0.25) is 0 Å². The quantitative estimate of drug-likeness (QED) is 0.490. The minimum Gasteiger partial charge on any atom is -0.501 e. The van der Waals surface area contributed by atoms with E-state index in [0.29, 0.717) is 29.0 Å². The number of hydrogen-bond donors (Lipinski definition) is 0. The van der Waals surface area contributed by atoms with Crippen molar-refractivity contribution in [2.45, 2.75) is 20.8 Å². The zero-order valence-corrected chi connectivity index (χ0v) is 14.0. The van der Waals surface area contributed by atoms with Gasteiger partial charge in [-0.25, -0.2) is 4.90 Å². The zero-order valence-electron chi connectivity index (χ0n) is 14.0. The monoisotopic (exact) mass is 321 g/mol. The third-order valence-corrected chi connectivity index (χ3v) is 4.05. The molecule has 1 aliphatic rings. The van der Waals surface area contributed by atoms with Crippen molar-refractivity contribution in [3.8, 4) is 0 Å². The Bertz CT molecular complexity index is 852. The van der Waals surface area contributed by atoms with Gasteiger partial charge in [-0.15, -0.1) is 0 Å². The number of aryl methyl sites for hydroxylation is 2. The summed E-state index contributed by atoms with van der Waals surface area (Å²) in [5, 5.41) is 0. The Kier molecular flexibility index (Phi) is 4.21. The Morgan fingerprint density at radius 3 is 2.38 bits per heavy atom. The molecule has 122 valence electrons. The molecule has 2 amide bonds. The first-order valence-electron chi connectivity index (χ1n) is 7.91. The third-order valence-electron chi connectivity index (χ3n) is 4.05. The summed E-state index contributed by atoms with van der Waals surface area (Å²) in [5.41, 5.74) is 4.08. The molecule has 0 bridgehead atoms. The van der Waals surface area contributed by atoms with Crippen LogP contribution in [0.15, 0.2) is 48.7 Å². The van der Waals surface area contributed by atoms with E-state index >= 15 is 0 Å². The van der Waals surface area contributed by atoms with Crippen molar-refractivity contribution in [3.63, 3.8) is 0 Å². The van der Waals surface area contributed by atoms with Crippen LogP contribution in [-0.2, 0) is 9.53 Å². The molecule has 0 aliphatic carbocycles. The molecule has 0 fully saturated rings. The summed E-state index contributed by atoms with van der Waals surface area (Å²) in [4.78, 5) is 27.2. The molecule has 4 heteroatoms. The number of carbonyl (C=O) groups excluding carboxylic acids is 2. The smallest absolute Gasteiger partial charge is 0.269 e. The Morgan fingerprint density at radius 1 is 1.00 bits per heavy atom. The molecule has 2 aromatic rings. The topological polar surface area (TPSA) is 46.6 Å². The molecule has 0 unspecified atom stereocenters. The van der Waals surface area contributed by atoms with Crippen molar-refractivity contribution in [2.24, 2.45) is 0 Å². The standard InChI is InChI=1S/C20H19NO3/c1-4-24-12-17-15-7-5-6-8-16(15)19(22)21(20(17)23)18-10-9-13(2)11-14(18)3/h5-12H,4H2,1-3H3/b17-12+. The number of carbonyl (C=O) groups is 2. The van der Waals surface area contributed by atoms with Crippen molar-refractivity contribution < 1.29 is 14.3 Å². The first kappa shape index (κ1) is 16.0. The SMILES string of the molecule is CCO/C=C1/C(=O)N(c2ccc(C)cc2C)C(=O)c2ccccc21. The highest BCUT2D eigenvalue weighted by atomic mass is 16.5. The van der Waals surface area contributed by atoms with Gasteiger partial charge in [0.2, 0.25) is 0 Å². The molecule has 1 aliphatic heterocycles. The first-order chi connectivity index (χ1) is 11.5. The fourth-order valence-corrected chi connectivity index (χ4v) is 2.91. The highest BCUT2D eigenvalue weighted by molar-refractivity contribution is 6.41. The van der Waals surface area contributed by atoms with E-state index in [1.807, 2.05) is 45.0 Å². The van der Waals surface area contributed by atoms with Crippen LogP contribution in [0.4, 0.5) is 5.69 Å². The Morgan fingerprint density at radius 2 is 1.71 bits per heavy atom. The summed E-state index contributed by atoms with van der Waals surface area (Å²) >= 11 is 0. The highest BCUT2D eigenvalue weighted by Crippen LogP contribution is 2.33. The van der Waals surface area contributed by atoms with Gasteiger partial charge in [-0.3, -0.25) is 9.59 Å². The van der Waals surface area contributed by atoms with Crippen molar-refractivity contribution in [2.75, 3.05) is 11.5 Å². The first-order valence-corrected chi connectivity index (χ1v) is 7.91. The van der Waals surface area contributed by atoms with Gasteiger partial charge < -0.3 is 4.74 Å². The number of imide groups is 1. The van der Waals surface area contributed by atoms with Gasteiger partial charge in [0.1, 0.15) is 0 Å². The van der Waals surface area contributed by atoms with Crippen molar-refractivity contribution in [3.05, 3.63) is 71.0 Å². The number of amides is 2. The molecule has 0 atom stereocenters. The number of nitrogens with zero attached hydrogens (tertiary/aromatic N) is 1. The lowest BCUT2D eigenvalue weighted by atomic mass is 9.93. The Hall–Kier alpha value is -2.88. The molecule has 0 radical (unpaired) electrons. The van der Waals surface area contributed by atoms with Crippen molar-refractivity contribution in [1.82, 2.24) is 0 Å². The average molecular weight is 321 g/mol. The number of hydrogen-bond acceptors (Lipinski definition) is 3. The largest absolute Gasteiger partial charge is 0.501 e. The van der Waals surface area contributed by atoms with E-state index in [1.165, 1.54) is 11.2 Å². The normalized spacial score (nSPS) is 15.6. The van der Waals surface area contributed by atoms with Crippen LogP contribution >= 0.6 is 0 Å². The number of anilines is 1. The van der Waals surface area contributed by atoms with Crippen molar-refractivity contribution in [1.29, 1.82) is 0 Å². The van der Waals surface area contributed by atoms with Crippen LogP contribution in [0.5, 0.6) is 0 Å². The predicted molar refractivity (Wildman–Crippen MR) is 93.8 cm³/mol. The van der Waals surface area contributed by atoms with Crippen LogP contribution in [0.25, 0.3) is 5.57 Å². The molecule has 4 nitrogen and oxygen atoms in total. The van der Waals surface area contributed by atoms with E-state index in [9.17, 15) is 9.59 Å². The fraction of sp³-hybridized carbons (Fsp3) is 0.200. The highest BCUT2D eigenvalue weighted by Gasteiger charge is 2.36. The van der Waals surface area contributed by atoms with E-state index in [0.717, 1.165) is 11.1 Å². The zero-order chi connectivity index (χ0) is 17.3. The second-order valence-corrected chi connectivity index (χ2v) is 5.77. The number of fused-ring (bicyclic) bond motifs is 1. The van der Waals surface area contributed by atoms with E-state index in [4.69, 9.17) is 4.74 Å². The van der Waals surface area contributed by atoms with Gasteiger partial charge in [-0.2, -0.15) is 0 Å². The molecule has 0 N–H and O–H groups in total. The van der Waals surface area contributed by atoms with Gasteiger partial charge in [0, 0.05) is 11.1 Å². The summed E-state index contributed by atoms with van der Waals surface area (Å²) in [6.07, 6.45) is 1.45. The van der Waals surface area contributed by atoms with E-state index < -0.39 is 0 Å². The molecule has 0 saturated heterocycles. The van der Waals surface area contributed by atoms with Gasteiger partial charge in [-0.1, -0.05) is 35.9 Å². The van der Waals surface area contributed by atoms with Gasteiger partial charge in [0.05, 0.1) is 24.1 Å². The molecular weight excluding hydrogens is 302 g/mol. The van der Waals surface area contributed by atoms with E-state index in [2.05, 4.69) is 0 Å². The Balaban J connectivity index is 2.18. The average Bonchev–Trinajstić information content (AvgIpc) is 2.57. The number of benzene rings is 2.